The van der Waals surface area contributed by atoms with Crippen LogP contribution in [0.1, 0.15) is 27.7 Å². The Bertz CT molecular complexity index is 53.5. The van der Waals surface area contributed by atoms with E-state index in [1.165, 1.54) is 0 Å². The van der Waals surface area contributed by atoms with Crippen LogP contribution in [0.3, 0.4) is 0 Å². The van der Waals surface area contributed by atoms with Gasteiger partial charge in [-0.05, 0) is 0 Å². The first-order valence-corrected chi connectivity index (χ1v) is 13.9. The average molecular weight is 326 g/mol. The summed E-state index contributed by atoms with van der Waals surface area (Å²) in [4.78, 5) is 0. The van der Waals surface area contributed by atoms with Crippen molar-refractivity contribution in [2.24, 2.45) is 0 Å². The molecule has 0 amide bonds. The van der Waals surface area contributed by atoms with Gasteiger partial charge in [0.05, 0.1) is 0 Å². The fourth-order valence-electron chi connectivity index (χ4n) is 0.770. The molecule has 0 aromatic carbocycles. The van der Waals surface area contributed by atoms with Crippen molar-refractivity contribution in [3.05, 3.63) is 0 Å². The van der Waals surface area contributed by atoms with Crippen LogP contribution < -0.4 is 0 Å². The first-order valence-electron chi connectivity index (χ1n) is 3.19. The Balaban J connectivity index is 3.46. The average Bonchev–Trinajstić information content (AvgIpc) is 1.64. The molecule has 0 nitrogen and oxygen atoms in total. The number of hydrogen-bond donors (Lipinski definition) is 0. The summed E-state index contributed by atoms with van der Waals surface area (Å²) in [7, 11) is 6.17. The number of rotatable bonds is 2. The van der Waals surface area contributed by atoms with Crippen molar-refractivity contribution < 1.29 is 0 Å². The summed E-state index contributed by atoms with van der Waals surface area (Å²) in [5.74, 6) is 0. The molecule has 2 heteroatoms. The SMILES string of the molecule is C[CH](C)[Tl]([Cl])[CH](C)C. The molecule has 0 aromatic heterocycles. The third-order valence-electron chi connectivity index (χ3n) is 1.27. The van der Waals surface area contributed by atoms with Crippen LogP contribution in [0.15, 0.2) is 0 Å². The van der Waals surface area contributed by atoms with Crippen LogP contribution >= 0.6 is 8.32 Å². The molecule has 0 aliphatic rings. The summed E-state index contributed by atoms with van der Waals surface area (Å²) in [6.45, 7) is 9.00. The molecule has 8 heavy (non-hydrogen) atoms. The molecule has 0 unspecified atom stereocenters. The molecule has 0 aliphatic carbocycles. The number of hydrogen-bond acceptors (Lipinski definition) is 0. The van der Waals surface area contributed by atoms with Crippen LogP contribution in [0.2, 0.25) is 6.95 Å². The van der Waals surface area contributed by atoms with E-state index in [0.29, 0.717) is 0 Å². The Morgan fingerprint density at radius 2 is 1.25 bits per heavy atom. The predicted octanol–water partition coefficient (Wildman–Crippen LogP) is 3.04. The minimum atomic E-state index is -1.61. The Kier molecular flexibility index (Phi) is 4.72. The van der Waals surface area contributed by atoms with Crippen molar-refractivity contribution in [3.8, 4) is 0 Å². The molecule has 0 aromatic rings. The van der Waals surface area contributed by atoms with E-state index in [4.69, 9.17) is 8.32 Å². The zero-order chi connectivity index (χ0) is 6.73. The van der Waals surface area contributed by atoms with Gasteiger partial charge in [-0.3, -0.25) is 0 Å². The molecule has 0 saturated heterocycles. The molecular weight excluding hydrogens is 312 g/mol. The molecule has 0 saturated carbocycles. The van der Waals surface area contributed by atoms with Gasteiger partial charge in [-0.1, -0.05) is 0 Å². The van der Waals surface area contributed by atoms with Gasteiger partial charge in [0.2, 0.25) is 0 Å². The van der Waals surface area contributed by atoms with Crippen molar-refractivity contribution in [1.29, 1.82) is 0 Å². The maximum atomic E-state index is 6.17. The first kappa shape index (κ1) is 9.21. The molecule has 0 rings (SSSR count). The van der Waals surface area contributed by atoms with Gasteiger partial charge in [-0.15, -0.1) is 0 Å². The molecule has 0 fully saturated rings. The van der Waals surface area contributed by atoms with Gasteiger partial charge < -0.3 is 0 Å². The van der Waals surface area contributed by atoms with E-state index in [0.717, 1.165) is 6.95 Å². The molecule has 0 heterocycles. The van der Waals surface area contributed by atoms with Crippen LogP contribution in [-0.2, 0) is 0 Å². The molecule has 48 valence electrons. The summed E-state index contributed by atoms with van der Waals surface area (Å²) in [5.41, 5.74) is 0. The number of halogens is 1. The van der Waals surface area contributed by atoms with E-state index >= 15 is 0 Å². The summed E-state index contributed by atoms with van der Waals surface area (Å²) in [6, 6.07) is 0. The van der Waals surface area contributed by atoms with Crippen molar-refractivity contribution in [1.82, 2.24) is 0 Å². The van der Waals surface area contributed by atoms with E-state index in [2.05, 4.69) is 27.7 Å². The van der Waals surface area contributed by atoms with E-state index in [-0.39, 0.29) is 0 Å². The van der Waals surface area contributed by atoms with E-state index < -0.39 is 21.5 Å². The van der Waals surface area contributed by atoms with Gasteiger partial charge in [0, 0.05) is 0 Å². The van der Waals surface area contributed by atoms with Gasteiger partial charge in [0.1, 0.15) is 0 Å². The predicted molar refractivity (Wildman–Crippen MR) is 41.8 cm³/mol. The monoisotopic (exact) mass is 326 g/mol. The quantitative estimate of drug-likeness (QED) is 0.685. The van der Waals surface area contributed by atoms with Crippen molar-refractivity contribution in [2.45, 2.75) is 34.6 Å². The summed E-state index contributed by atoms with van der Waals surface area (Å²) in [6.07, 6.45) is 0. The molecular formula is C6H14ClTl. The Hall–Kier alpha value is 1.21. The van der Waals surface area contributed by atoms with E-state index in [9.17, 15) is 0 Å². The third-order valence-corrected chi connectivity index (χ3v) is 20.0. The van der Waals surface area contributed by atoms with Crippen LogP contribution in [-0.4, -0.2) is 21.5 Å². The molecule has 0 spiro atoms. The van der Waals surface area contributed by atoms with Crippen LogP contribution in [0, 0.1) is 0 Å². The zero-order valence-electron chi connectivity index (χ0n) is 6.11. The normalized spacial score (nSPS) is 10.9. The van der Waals surface area contributed by atoms with Gasteiger partial charge >= 0.3 is 64.4 Å². The van der Waals surface area contributed by atoms with E-state index in [1.807, 2.05) is 0 Å². The Morgan fingerprint density at radius 1 is 1.00 bits per heavy atom. The molecule has 0 N–H and O–H groups in total. The summed E-state index contributed by atoms with van der Waals surface area (Å²) < 4.78 is 1.66. The maximum absolute atomic E-state index is 6.17. The standard InChI is InChI=1S/2C3H7.ClH.Tl/c2*1-3-2;;/h2*3H,1-2H3;1H;/q;;;+1/p-1. The molecule has 0 aliphatic heterocycles. The van der Waals surface area contributed by atoms with Crippen LogP contribution in [0.4, 0.5) is 0 Å². The van der Waals surface area contributed by atoms with Crippen LogP contribution in [0.5, 0.6) is 0 Å². The second kappa shape index (κ2) is 4.10. The van der Waals surface area contributed by atoms with Gasteiger partial charge in [0.15, 0.2) is 0 Å². The molecule has 0 bridgehead atoms. The third kappa shape index (κ3) is 3.28. The summed E-state index contributed by atoms with van der Waals surface area (Å²) in [5, 5.41) is 0. The second-order valence-corrected chi connectivity index (χ2v) is 21.2. The second-order valence-electron chi connectivity index (χ2n) is 2.93. The zero-order valence-corrected chi connectivity index (χ0v) is 11.4. The topological polar surface area (TPSA) is 0 Å². The fraction of sp³-hybridized carbons (Fsp3) is 1.00. The fourth-order valence-corrected chi connectivity index (χ4v) is 6.75. The van der Waals surface area contributed by atoms with E-state index in [1.54, 1.807) is 0 Å². The Morgan fingerprint density at radius 3 is 1.25 bits per heavy atom. The minimum absolute atomic E-state index is 0.830. The Labute approximate surface area is 64.2 Å². The van der Waals surface area contributed by atoms with Crippen molar-refractivity contribution in [3.63, 3.8) is 0 Å². The van der Waals surface area contributed by atoms with Gasteiger partial charge in [-0.2, -0.15) is 0 Å². The molecule has 0 atom stereocenters. The summed E-state index contributed by atoms with van der Waals surface area (Å²) >= 11 is -1.61. The van der Waals surface area contributed by atoms with Gasteiger partial charge in [0.25, 0.3) is 0 Å². The molecule has 0 radical (unpaired) electrons. The first-order chi connectivity index (χ1) is 3.55. The van der Waals surface area contributed by atoms with Crippen molar-refractivity contribution in [2.75, 3.05) is 0 Å². The van der Waals surface area contributed by atoms with Crippen LogP contribution in [0.25, 0.3) is 0 Å². The van der Waals surface area contributed by atoms with Crippen molar-refractivity contribution >= 4 is 29.8 Å². The van der Waals surface area contributed by atoms with Gasteiger partial charge in [-0.25, -0.2) is 0 Å².